The maximum Gasteiger partial charge on any atom is 0.254 e. The van der Waals surface area contributed by atoms with E-state index < -0.39 is 29.8 Å². The molecule has 2 aromatic heterocycles. The molecule has 0 unspecified atom stereocenters. The van der Waals surface area contributed by atoms with E-state index in [9.17, 15) is 28.7 Å². The zero-order chi connectivity index (χ0) is 28.3. The highest BCUT2D eigenvalue weighted by Crippen LogP contribution is 2.25. The number of aliphatic hydroxyl groups excluding tert-OH is 1. The molecule has 1 aliphatic rings. The third-order valence-corrected chi connectivity index (χ3v) is 6.50. The lowest BCUT2D eigenvalue weighted by atomic mass is 9.96. The van der Waals surface area contributed by atoms with Gasteiger partial charge in [0.25, 0.3) is 5.91 Å². The topological polar surface area (TPSA) is 135 Å². The van der Waals surface area contributed by atoms with Crippen LogP contribution in [0.2, 0.25) is 0 Å². The Kier molecular flexibility index (Phi) is 8.02. The Hall–Kier alpha value is -4.23. The van der Waals surface area contributed by atoms with Crippen LogP contribution in [0.5, 0.6) is 11.6 Å². The first-order valence-corrected chi connectivity index (χ1v) is 12.1. The molecule has 13 heteroatoms. The number of ether oxygens (including phenoxy) is 1. The number of amides is 2. The van der Waals surface area contributed by atoms with Gasteiger partial charge in [0.15, 0.2) is 23.6 Å². The smallest absolute Gasteiger partial charge is 0.254 e. The molecule has 1 fully saturated rings. The van der Waals surface area contributed by atoms with E-state index in [2.05, 4.69) is 15.3 Å². The molecular formula is C26H28F2N6O5. The van der Waals surface area contributed by atoms with Crippen LogP contribution in [-0.4, -0.2) is 67.9 Å². The minimum atomic E-state index is -1.06. The molecule has 39 heavy (non-hydrogen) atoms. The number of hydrogen-bond acceptors (Lipinski definition) is 8. The highest BCUT2D eigenvalue weighted by atomic mass is 19.2. The summed E-state index contributed by atoms with van der Waals surface area (Å²) in [5, 5.41) is 23.8. The summed E-state index contributed by atoms with van der Waals surface area (Å²) in [4.78, 5) is 37.9. The molecule has 206 valence electrons. The van der Waals surface area contributed by atoms with Crippen LogP contribution in [0, 0.1) is 16.8 Å². The summed E-state index contributed by atoms with van der Waals surface area (Å²) in [6.45, 7) is 6.22. The van der Waals surface area contributed by atoms with Crippen LogP contribution in [0.4, 0.5) is 14.6 Å². The standard InChI is InChI=1S/C26H28F2N6O5/c1-16(24(36)31-22-12-30-23(13-29-22)39-19-4-5-20(27)21(28)11-19)32-8-9-33(26(2,3)15-32)25(37)17-6-7-34(38)18(10-17)14-35/h4-7,10-13,16,35H,8-9,14-15H2,1-3H3,(H,29,31,36)/t16-/m1/s1. The van der Waals surface area contributed by atoms with E-state index in [0.29, 0.717) is 29.9 Å². The second-order valence-corrected chi connectivity index (χ2v) is 9.71. The number of rotatable bonds is 7. The van der Waals surface area contributed by atoms with Gasteiger partial charge in [-0.2, -0.15) is 4.73 Å². The molecule has 3 aromatic rings. The van der Waals surface area contributed by atoms with Gasteiger partial charge in [-0.1, -0.05) is 0 Å². The highest BCUT2D eigenvalue weighted by molar-refractivity contribution is 5.95. The van der Waals surface area contributed by atoms with Crippen molar-refractivity contribution in [2.75, 3.05) is 25.0 Å². The number of carbonyl (C=O) groups is 2. The molecule has 4 rings (SSSR count). The van der Waals surface area contributed by atoms with Crippen LogP contribution < -0.4 is 14.8 Å². The van der Waals surface area contributed by atoms with Gasteiger partial charge in [0.2, 0.25) is 17.5 Å². The van der Waals surface area contributed by atoms with Gasteiger partial charge in [0.05, 0.1) is 29.5 Å². The third-order valence-electron chi connectivity index (χ3n) is 6.50. The third kappa shape index (κ3) is 6.26. The van der Waals surface area contributed by atoms with Crippen molar-refractivity contribution in [2.45, 2.75) is 39.0 Å². The van der Waals surface area contributed by atoms with E-state index >= 15 is 0 Å². The molecular weight excluding hydrogens is 514 g/mol. The van der Waals surface area contributed by atoms with E-state index in [-0.39, 0.29) is 35.0 Å². The Morgan fingerprint density at radius 3 is 2.59 bits per heavy atom. The van der Waals surface area contributed by atoms with Crippen molar-refractivity contribution in [2.24, 2.45) is 0 Å². The largest absolute Gasteiger partial charge is 0.618 e. The van der Waals surface area contributed by atoms with Gasteiger partial charge in [-0.15, -0.1) is 0 Å². The minimum Gasteiger partial charge on any atom is -0.618 e. The van der Waals surface area contributed by atoms with Crippen molar-refractivity contribution >= 4 is 17.6 Å². The first-order chi connectivity index (χ1) is 18.5. The summed E-state index contributed by atoms with van der Waals surface area (Å²) >= 11 is 0. The lowest BCUT2D eigenvalue weighted by molar-refractivity contribution is -0.616. The summed E-state index contributed by atoms with van der Waals surface area (Å²) in [7, 11) is 0. The van der Waals surface area contributed by atoms with Gasteiger partial charge < -0.3 is 25.3 Å². The number of halogens is 2. The van der Waals surface area contributed by atoms with Crippen LogP contribution in [0.25, 0.3) is 0 Å². The fourth-order valence-electron chi connectivity index (χ4n) is 4.33. The molecule has 11 nitrogen and oxygen atoms in total. The molecule has 1 aliphatic heterocycles. The second kappa shape index (κ2) is 11.3. The van der Waals surface area contributed by atoms with Gasteiger partial charge >= 0.3 is 0 Å². The van der Waals surface area contributed by atoms with E-state index in [1.165, 1.54) is 36.8 Å². The van der Waals surface area contributed by atoms with E-state index in [4.69, 9.17) is 4.74 Å². The number of nitrogens with zero attached hydrogens (tertiary/aromatic N) is 5. The van der Waals surface area contributed by atoms with Crippen LogP contribution >= 0.6 is 0 Å². The first kappa shape index (κ1) is 27.8. The number of piperazine rings is 1. The van der Waals surface area contributed by atoms with Gasteiger partial charge in [-0.25, -0.2) is 18.7 Å². The van der Waals surface area contributed by atoms with Crippen LogP contribution in [0.15, 0.2) is 48.9 Å². The number of anilines is 1. The molecule has 2 amide bonds. The number of nitrogens with one attached hydrogen (secondary N) is 1. The van der Waals surface area contributed by atoms with Gasteiger partial charge in [0, 0.05) is 37.8 Å². The van der Waals surface area contributed by atoms with Crippen molar-refractivity contribution in [3.8, 4) is 11.6 Å². The first-order valence-electron chi connectivity index (χ1n) is 12.1. The fourth-order valence-corrected chi connectivity index (χ4v) is 4.33. The second-order valence-electron chi connectivity index (χ2n) is 9.71. The molecule has 0 radical (unpaired) electrons. The average Bonchev–Trinajstić information content (AvgIpc) is 2.90. The number of hydrogen-bond donors (Lipinski definition) is 2. The van der Waals surface area contributed by atoms with Crippen molar-refractivity contribution in [1.82, 2.24) is 19.8 Å². The molecule has 0 aliphatic carbocycles. The SMILES string of the molecule is C[C@H](C(=O)Nc1cnc(Oc2ccc(F)c(F)c2)cn1)N1CCN(C(=O)c2cc[n+]([O-])c(CO)c2)C(C)(C)C1. The molecule has 1 aromatic carbocycles. The Morgan fingerprint density at radius 1 is 1.18 bits per heavy atom. The van der Waals surface area contributed by atoms with Crippen molar-refractivity contribution < 1.29 is 32.9 Å². The maximum absolute atomic E-state index is 13.4. The number of benzene rings is 1. The monoisotopic (exact) mass is 542 g/mol. The zero-order valence-electron chi connectivity index (χ0n) is 21.6. The van der Waals surface area contributed by atoms with Crippen molar-refractivity contribution in [1.29, 1.82) is 0 Å². The average molecular weight is 543 g/mol. The highest BCUT2D eigenvalue weighted by Gasteiger charge is 2.40. The van der Waals surface area contributed by atoms with Crippen molar-refractivity contribution in [3.63, 3.8) is 0 Å². The normalized spacial score (nSPS) is 16.0. The summed E-state index contributed by atoms with van der Waals surface area (Å²) in [5.74, 6) is -2.40. The van der Waals surface area contributed by atoms with Crippen LogP contribution in [0.1, 0.15) is 36.8 Å². The summed E-state index contributed by atoms with van der Waals surface area (Å²) < 4.78 is 32.3. The Bertz CT molecular complexity index is 1370. The Labute approximate surface area is 223 Å². The predicted octanol–water partition coefficient (Wildman–Crippen LogP) is 2.24. The lowest BCUT2D eigenvalue weighted by Crippen LogP contribution is -2.63. The van der Waals surface area contributed by atoms with Gasteiger partial charge in [-0.3, -0.25) is 14.5 Å². The molecule has 0 spiro atoms. The zero-order valence-corrected chi connectivity index (χ0v) is 21.6. The van der Waals surface area contributed by atoms with E-state index in [1.54, 1.807) is 11.8 Å². The molecule has 3 heterocycles. The lowest BCUT2D eigenvalue weighted by Gasteiger charge is -2.48. The van der Waals surface area contributed by atoms with E-state index in [0.717, 1.165) is 12.1 Å². The molecule has 1 atom stereocenters. The fraction of sp³-hybridized carbons (Fsp3) is 0.346. The summed E-state index contributed by atoms with van der Waals surface area (Å²) in [6.07, 6.45) is 3.72. The Morgan fingerprint density at radius 2 is 1.95 bits per heavy atom. The van der Waals surface area contributed by atoms with Crippen LogP contribution in [0.3, 0.4) is 0 Å². The summed E-state index contributed by atoms with van der Waals surface area (Å²) in [6, 6.07) is 5.31. The maximum atomic E-state index is 13.4. The number of carbonyl (C=O) groups excluding carboxylic acids is 2. The van der Waals surface area contributed by atoms with Crippen molar-refractivity contribution in [3.05, 3.63) is 77.0 Å². The van der Waals surface area contributed by atoms with E-state index in [1.807, 2.05) is 18.7 Å². The van der Waals surface area contributed by atoms with Gasteiger partial charge in [0.1, 0.15) is 12.4 Å². The number of aliphatic hydroxyl groups is 1. The molecule has 0 saturated carbocycles. The molecule has 1 saturated heterocycles. The number of aromatic nitrogens is 3. The minimum absolute atomic E-state index is 0.0317. The molecule has 0 bridgehead atoms. The summed E-state index contributed by atoms with van der Waals surface area (Å²) in [5.41, 5.74) is -0.255. The Balaban J connectivity index is 1.35. The van der Waals surface area contributed by atoms with Gasteiger partial charge in [-0.05, 0) is 32.9 Å². The quantitative estimate of drug-likeness (QED) is 0.343. The van der Waals surface area contributed by atoms with Crippen LogP contribution in [-0.2, 0) is 11.4 Å². The molecule has 2 N–H and O–H groups in total. The predicted molar refractivity (Wildman–Crippen MR) is 135 cm³/mol. The number of pyridine rings is 1.